The molecule has 2 aromatic rings. The Bertz CT molecular complexity index is 1030. The summed E-state index contributed by atoms with van der Waals surface area (Å²) in [6, 6.07) is 13.8. The molecule has 1 saturated heterocycles. The van der Waals surface area contributed by atoms with Gasteiger partial charge in [0.15, 0.2) is 0 Å². The summed E-state index contributed by atoms with van der Waals surface area (Å²) in [7, 11) is 0. The highest BCUT2D eigenvalue weighted by atomic mass is 19.3. The first-order valence-electron chi connectivity index (χ1n) is 11.3. The number of hydrogen-bond acceptors (Lipinski definition) is 4. The molecule has 2 N–H and O–H groups in total. The molecule has 4 rings (SSSR count). The van der Waals surface area contributed by atoms with Crippen LogP contribution < -0.4 is 5.32 Å². The Labute approximate surface area is 195 Å². The highest BCUT2D eigenvalue weighted by Crippen LogP contribution is 2.44. The highest BCUT2D eigenvalue weighted by Gasteiger charge is 2.33. The third kappa shape index (κ3) is 5.03. The van der Waals surface area contributed by atoms with Crippen molar-refractivity contribution in [2.75, 3.05) is 19.7 Å². The molecule has 180 valence electrons. The van der Waals surface area contributed by atoms with E-state index in [2.05, 4.69) is 5.32 Å². The number of aliphatic carboxylic acids is 1. The minimum atomic E-state index is -2.98. The fraction of sp³-hybridized carbons (Fsp3) is 0.400. The van der Waals surface area contributed by atoms with Crippen molar-refractivity contribution < 1.29 is 33.0 Å². The number of carbonyl (C=O) groups excluding carboxylic acids is 2. The molecular formula is C25H26F2N2O5. The molecule has 2 amide bonds. The lowest BCUT2D eigenvalue weighted by Gasteiger charge is -2.31. The van der Waals surface area contributed by atoms with E-state index in [0.717, 1.165) is 22.3 Å². The smallest absolute Gasteiger partial charge is 0.407 e. The topological polar surface area (TPSA) is 95.9 Å². The molecular weight excluding hydrogens is 446 g/mol. The lowest BCUT2D eigenvalue weighted by atomic mass is 9.97. The molecule has 1 fully saturated rings. The van der Waals surface area contributed by atoms with Crippen LogP contribution in [0.4, 0.5) is 13.6 Å². The highest BCUT2D eigenvalue weighted by molar-refractivity contribution is 5.80. The van der Waals surface area contributed by atoms with Gasteiger partial charge in [0.2, 0.25) is 5.91 Å². The number of hydrogen-bond donors (Lipinski definition) is 2. The zero-order valence-electron chi connectivity index (χ0n) is 18.5. The Morgan fingerprint density at radius 2 is 1.68 bits per heavy atom. The Hall–Kier alpha value is -3.49. The van der Waals surface area contributed by atoms with Gasteiger partial charge in [0, 0.05) is 19.0 Å². The summed E-state index contributed by atoms with van der Waals surface area (Å²) < 4.78 is 32.5. The standard InChI is InChI=1S/C25H26F2N2O5/c26-23(27)21(12-22(30)29-11-5-6-15(13-29)24(31)32)28-25(33)34-14-20-18-9-3-1-7-16(18)17-8-2-4-10-19(17)20/h1-4,7-10,15,20-21,23H,5-6,11-14H2,(H,28,33)(H,31,32)/t15-,21?/m0/s1. The van der Waals surface area contributed by atoms with Gasteiger partial charge in [0.25, 0.3) is 6.43 Å². The summed E-state index contributed by atoms with van der Waals surface area (Å²) in [6.07, 6.45) is -3.71. The second-order valence-corrected chi connectivity index (χ2v) is 8.63. The fourth-order valence-electron chi connectivity index (χ4n) is 4.72. The van der Waals surface area contributed by atoms with Gasteiger partial charge < -0.3 is 20.1 Å². The van der Waals surface area contributed by atoms with Crippen molar-refractivity contribution in [3.8, 4) is 11.1 Å². The summed E-state index contributed by atoms with van der Waals surface area (Å²) in [5.74, 6) is -2.56. The van der Waals surface area contributed by atoms with E-state index in [-0.39, 0.29) is 19.1 Å². The second kappa shape index (κ2) is 10.2. The molecule has 2 aromatic carbocycles. The number of halogens is 2. The van der Waals surface area contributed by atoms with Crippen LogP contribution in [0.1, 0.15) is 36.3 Å². The number of carboxylic acid groups (broad SMARTS) is 1. The molecule has 2 aliphatic rings. The van der Waals surface area contributed by atoms with Gasteiger partial charge in [0.1, 0.15) is 12.6 Å². The Morgan fingerprint density at radius 1 is 1.06 bits per heavy atom. The number of fused-ring (bicyclic) bond motifs is 3. The van der Waals surface area contributed by atoms with Gasteiger partial charge in [0.05, 0.1) is 12.3 Å². The first kappa shape index (κ1) is 23.7. The predicted octanol–water partition coefficient (Wildman–Crippen LogP) is 3.87. The van der Waals surface area contributed by atoms with Gasteiger partial charge in [-0.05, 0) is 35.1 Å². The number of benzene rings is 2. The van der Waals surface area contributed by atoms with Gasteiger partial charge in [-0.15, -0.1) is 0 Å². The van der Waals surface area contributed by atoms with Crippen molar-refractivity contribution in [3.63, 3.8) is 0 Å². The summed E-state index contributed by atoms with van der Waals surface area (Å²) in [4.78, 5) is 37.4. The number of rotatable bonds is 7. The predicted molar refractivity (Wildman–Crippen MR) is 120 cm³/mol. The van der Waals surface area contributed by atoms with Crippen LogP contribution in [0.3, 0.4) is 0 Å². The zero-order valence-corrected chi connectivity index (χ0v) is 18.5. The quantitative estimate of drug-likeness (QED) is 0.638. The molecule has 1 heterocycles. The minimum Gasteiger partial charge on any atom is -0.481 e. The monoisotopic (exact) mass is 472 g/mol. The molecule has 0 saturated carbocycles. The molecule has 1 aliphatic carbocycles. The Kier molecular flexibility index (Phi) is 7.09. The van der Waals surface area contributed by atoms with Crippen LogP contribution in [0.15, 0.2) is 48.5 Å². The van der Waals surface area contributed by atoms with Crippen molar-refractivity contribution in [2.45, 2.75) is 37.6 Å². The van der Waals surface area contributed by atoms with E-state index in [4.69, 9.17) is 9.84 Å². The summed E-state index contributed by atoms with van der Waals surface area (Å²) in [6.45, 7) is 0.259. The van der Waals surface area contributed by atoms with E-state index in [1.165, 1.54) is 4.90 Å². The summed E-state index contributed by atoms with van der Waals surface area (Å²) in [5, 5.41) is 11.3. The van der Waals surface area contributed by atoms with Crippen LogP contribution in [-0.2, 0) is 14.3 Å². The molecule has 1 aliphatic heterocycles. The lowest BCUT2D eigenvalue weighted by Crippen LogP contribution is -2.47. The first-order valence-corrected chi connectivity index (χ1v) is 11.3. The third-order valence-corrected chi connectivity index (χ3v) is 6.47. The maximum absolute atomic E-state index is 13.6. The second-order valence-electron chi connectivity index (χ2n) is 8.63. The normalized spacial score (nSPS) is 18.2. The number of carbonyl (C=O) groups is 3. The molecule has 34 heavy (non-hydrogen) atoms. The summed E-state index contributed by atoms with van der Waals surface area (Å²) >= 11 is 0. The van der Waals surface area contributed by atoms with Gasteiger partial charge in [-0.3, -0.25) is 9.59 Å². The Morgan fingerprint density at radius 3 is 2.26 bits per heavy atom. The van der Waals surface area contributed by atoms with Crippen molar-refractivity contribution in [1.29, 1.82) is 0 Å². The molecule has 0 spiro atoms. The third-order valence-electron chi connectivity index (χ3n) is 6.47. The van der Waals surface area contributed by atoms with Crippen LogP contribution in [0.25, 0.3) is 11.1 Å². The van der Waals surface area contributed by atoms with E-state index >= 15 is 0 Å². The maximum Gasteiger partial charge on any atom is 0.407 e. The molecule has 0 bridgehead atoms. The molecule has 1 unspecified atom stereocenters. The van der Waals surface area contributed by atoms with Crippen LogP contribution in [0.2, 0.25) is 0 Å². The molecule has 9 heteroatoms. The molecule has 7 nitrogen and oxygen atoms in total. The SMILES string of the molecule is O=C(NC(CC(=O)N1CCC[C@H](C(=O)O)C1)C(F)F)OCC1c2ccccc2-c2ccccc21. The van der Waals surface area contributed by atoms with Gasteiger partial charge >= 0.3 is 12.1 Å². The zero-order chi connectivity index (χ0) is 24.2. The number of piperidine rings is 1. The summed E-state index contributed by atoms with van der Waals surface area (Å²) in [5.41, 5.74) is 4.08. The van der Waals surface area contributed by atoms with Gasteiger partial charge in [-0.1, -0.05) is 48.5 Å². The van der Waals surface area contributed by atoms with Crippen molar-refractivity contribution >= 4 is 18.0 Å². The van der Waals surface area contributed by atoms with E-state index in [9.17, 15) is 23.2 Å². The van der Waals surface area contributed by atoms with Crippen LogP contribution in [0.5, 0.6) is 0 Å². The van der Waals surface area contributed by atoms with E-state index in [1.54, 1.807) is 0 Å². The number of nitrogens with one attached hydrogen (secondary N) is 1. The largest absolute Gasteiger partial charge is 0.481 e. The number of alkyl halides is 2. The van der Waals surface area contributed by atoms with Crippen molar-refractivity contribution in [2.24, 2.45) is 5.92 Å². The average Bonchev–Trinajstić information content (AvgIpc) is 3.16. The lowest BCUT2D eigenvalue weighted by molar-refractivity contribution is -0.146. The van der Waals surface area contributed by atoms with E-state index in [0.29, 0.717) is 19.4 Å². The van der Waals surface area contributed by atoms with Gasteiger partial charge in [-0.2, -0.15) is 0 Å². The van der Waals surface area contributed by atoms with Crippen molar-refractivity contribution in [3.05, 3.63) is 59.7 Å². The van der Waals surface area contributed by atoms with Gasteiger partial charge in [-0.25, -0.2) is 13.6 Å². The number of likely N-dealkylation sites (tertiary alicyclic amines) is 1. The molecule has 2 atom stereocenters. The first-order chi connectivity index (χ1) is 16.3. The number of ether oxygens (including phenoxy) is 1. The number of nitrogens with zero attached hydrogens (tertiary/aromatic N) is 1. The maximum atomic E-state index is 13.6. The number of carboxylic acids is 1. The van der Waals surface area contributed by atoms with Crippen LogP contribution >= 0.6 is 0 Å². The van der Waals surface area contributed by atoms with Crippen molar-refractivity contribution in [1.82, 2.24) is 10.2 Å². The molecule has 0 aromatic heterocycles. The minimum absolute atomic E-state index is 0.0188. The Balaban J connectivity index is 1.36. The molecule has 0 radical (unpaired) electrons. The van der Waals surface area contributed by atoms with E-state index < -0.39 is 42.8 Å². The fourth-order valence-corrected chi connectivity index (χ4v) is 4.72. The number of amides is 2. The van der Waals surface area contributed by atoms with Crippen LogP contribution in [0, 0.1) is 5.92 Å². The average molecular weight is 472 g/mol. The van der Waals surface area contributed by atoms with Crippen LogP contribution in [-0.4, -0.2) is 60.1 Å². The number of alkyl carbamates (subject to hydrolysis) is 1. The van der Waals surface area contributed by atoms with E-state index in [1.807, 2.05) is 48.5 Å².